The van der Waals surface area contributed by atoms with E-state index in [0.29, 0.717) is 29.4 Å². The van der Waals surface area contributed by atoms with Gasteiger partial charge in [0, 0.05) is 22.7 Å². The summed E-state index contributed by atoms with van der Waals surface area (Å²) < 4.78 is 10.7. The van der Waals surface area contributed by atoms with Crippen LogP contribution in [0.3, 0.4) is 0 Å². The first-order chi connectivity index (χ1) is 18.8. The highest BCUT2D eigenvalue weighted by Crippen LogP contribution is 2.34. The van der Waals surface area contributed by atoms with E-state index in [4.69, 9.17) is 15.2 Å². The molecular weight excluding hydrogens is 518 g/mol. The molecule has 1 unspecified atom stereocenters. The van der Waals surface area contributed by atoms with Crippen LogP contribution in [0.4, 0.5) is 17.1 Å². The van der Waals surface area contributed by atoms with Crippen LogP contribution in [0.25, 0.3) is 0 Å². The van der Waals surface area contributed by atoms with E-state index in [1.54, 1.807) is 42.5 Å². The second-order valence-corrected chi connectivity index (χ2v) is 10.1. The van der Waals surface area contributed by atoms with Crippen molar-refractivity contribution in [1.29, 1.82) is 0 Å². The molecule has 1 fully saturated rings. The van der Waals surface area contributed by atoms with Gasteiger partial charge in [0.1, 0.15) is 5.75 Å². The lowest BCUT2D eigenvalue weighted by Crippen LogP contribution is -2.31. The highest BCUT2D eigenvalue weighted by Gasteiger charge is 2.40. The van der Waals surface area contributed by atoms with Crippen LogP contribution in [0.2, 0.25) is 0 Å². The van der Waals surface area contributed by atoms with Crippen molar-refractivity contribution >= 4 is 52.5 Å². The molecule has 202 valence electrons. The molecule has 0 radical (unpaired) electrons. The third-order valence-electron chi connectivity index (χ3n) is 5.84. The Kier molecular flexibility index (Phi) is 9.22. The van der Waals surface area contributed by atoms with Gasteiger partial charge in [-0.2, -0.15) is 0 Å². The van der Waals surface area contributed by atoms with Crippen LogP contribution in [0.5, 0.6) is 5.75 Å². The number of rotatable bonds is 11. The van der Waals surface area contributed by atoms with Gasteiger partial charge in [0.15, 0.2) is 6.61 Å². The molecule has 0 aliphatic carbocycles. The van der Waals surface area contributed by atoms with Crippen LogP contribution in [0, 0.1) is 0 Å². The fraction of sp³-hybridized carbons (Fsp3) is 0.241. The largest absolute Gasteiger partial charge is 0.494 e. The Balaban J connectivity index is 1.28. The van der Waals surface area contributed by atoms with Crippen LogP contribution >= 0.6 is 11.8 Å². The maximum atomic E-state index is 12.9. The summed E-state index contributed by atoms with van der Waals surface area (Å²) in [5.41, 5.74) is 7.48. The van der Waals surface area contributed by atoms with Crippen molar-refractivity contribution in [2.75, 3.05) is 29.2 Å². The molecule has 1 atom stereocenters. The number of carbonyl (C=O) groups is 4. The number of hydrogen-bond donors (Lipinski definition) is 2. The number of nitrogens with zero attached hydrogens (tertiary/aromatic N) is 1. The molecule has 1 aliphatic rings. The summed E-state index contributed by atoms with van der Waals surface area (Å²) in [4.78, 5) is 52.1. The minimum Gasteiger partial charge on any atom is -0.494 e. The van der Waals surface area contributed by atoms with Gasteiger partial charge in [-0.15, -0.1) is 11.8 Å². The first kappa shape index (κ1) is 27.7. The summed E-state index contributed by atoms with van der Waals surface area (Å²) in [6, 6.07) is 20.0. The highest BCUT2D eigenvalue weighted by atomic mass is 32.2. The van der Waals surface area contributed by atoms with Crippen molar-refractivity contribution < 1.29 is 28.7 Å². The molecule has 3 aromatic rings. The van der Waals surface area contributed by atoms with E-state index in [0.717, 1.165) is 22.6 Å². The normalized spacial score (nSPS) is 14.8. The van der Waals surface area contributed by atoms with E-state index in [1.807, 2.05) is 6.07 Å². The molecule has 0 bridgehead atoms. The van der Waals surface area contributed by atoms with Crippen LogP contribution in [0.15, 0.2) is 77.7 Å². The average Bonchev–Trinajstić information content (AvgIpc) is 3.20. The molecule has 1 heterocycles. The second-order valence-electron chi connectivity index (χ2n) is 8.85. The molecule has 0 spiro atoms. The number of benzene rings is 3. The molecular formula is C29H29N3O6S. The standard InChI is InChI=1S/C29H29N3O6S/c1-2-3-15-37-23-13-9-21(10-14-23)31-26(33)18-38-29(36)19-7-11-22(12-8-19)32-27(34)17-25(28(32)35)39-24-6-4-5-20(30)16-24/h4-14,16,25H,2-3,15,17-18,30H2,1H3,(H,31,33). The summed E-state index contributed by atoms with van der Waals surface area (Å²) in [5.74, 6) is -1.14. The molecule has 0 saturated carbocycles. The number of amides is 3. The summed E-state index contributed by atoms with van der Waals surface area (Å²) in [5, 5.41) is 2.10. The minimum atomic E-state index is -0.703. The van der Waals surface area contributed by atoms with Gasteiger partial charge in [-0.1, -0.05) is 19.4 Å². The SMILES string of the molecule is CCCCOc1ccc(NC(=O)COC(=O)c2ccc(N3C(=O)CC(Sc4cccc(N)c4)C3=O)cc2)cc1. The first-order valence-electron chi connectivity index (χ1n) is 12.5. The fourth-order valence-corrected chi connectivity index (χ4v) is 4.97. The number of carbonyl (C=O) groups excluding carboxylic acids is 4. The zero-order valence-electron chi connectivity index (χ0n) is 21.4. The summed E-state index contributed by atoms with van der Waals surface area (Å²) in [6.07, 6.45) is 2.07. The quantitative estimate of drug-likeness (QED) is 0.153. The Morgan fingerprint density at radius 1 is 1.05 bits per heavy atom. The number of unbranched alkanes of at least 4 members (excludes halogenated alkanes) is 1. The van der Waals surface area contributed by atoms with Crippen LogP contribution < -0.4 is 20.7 Å². The summed E-state index contributed by atoms with van der Waals surface area (Å²) in [6.45, 7) is 2.25. The van der Waals surface area contributed by atoms with Crippen LogP contribution in [-0.4, -0.2) is 42.2 Å². The third kappa shape index (κ3) is 7.38. The van der Waals surface area contributed by atoms with Crippen molar-refractivity contribution in [2.45, 2.75) is 36.3 Å². The number of ether oxygens (including phenoxy) is 2. The number of anilines is 3. The van der Waals surface area contributed by atoms with E-state index < -0.39 is 23.7 Å². The Hall–Kier alpha value is -4.31. The number of thioether (sulfide) groups is 1. The molecule has 1 aliphatic heterocycles. The van der Waals surface area contributed by atoms with Gasteiger partial charge in [-0.3, -0.25) is 14.4 Å². The van der Waals surface area contributed by atoms with Crippen molar-refractivity contribution in [2.24, 2.45) is 0 Å². The van der Waals surface area contributed by atoms with E-state index >= 15 is 0 Å². The number of nitrogen functional groups attached to an aromatic ring is 1. The van der Waals surface area contributed by atoms with Crippen molar-refractivity contribution in [3.05, 3.63) is 78.4 Å². The predicted molar refractivity (Wildman–Crippen MR) is 150 cm³/mol. The van der Waals surface area contributed by atoms with Gasteiger partial charge < -0.3 is 20.5 Å². The molecule has 9 nitrogen and oxygen atoms in total. The van der Waals surface area contributed by atoms with Crippen LogP contribution in [-0.2, 0) is 19.1 Å². The monoisotopic (exact) mass is 547 g/mol. The second kappa shape index (κ2) is 13.0. The third-order valence-corrected chi connectivity index (χ3v) is 7.02. The molecule has 3 aromatic carbocycles. The molecule has 4 rings (SSSR count). The molecule has 39 heavy (non-hydrogen) atoms. The number of nitrogens with two attached hydrogens (primary N) is 1. The summed E-state index contributed by atoms with van der Waals surface area (Å²) >= 11 is 1.29. The van der Waals surface area contributed by atoms with E-state index in [1.165, 1.54) is 36.0 Å². The van der Waals surface area contributed by atoms with Crippen molar-refractivity contribution in [1.82, 2.24) is 0 Å². The summed E-state index contributed by atoms with van der Waals surface area (Å²) in [7, 11) is 0. The lowest BCUT2D eigenvalue weighted by molar-refractivity contribution is -0.121. The van der Waals surface area contributed by atoms with Crippen molar-refractivity contribution in [3.8, 4) is 5.75 Å². The number of hydrogen-bond acceptors (Lipinski definition) is 8. The Bertz CT molecular complexity index is 1340. The molecule has 10 heteroatoms. The van der Waals surface area contributed by atoms with Gasteiger partial charge in [-0.05, 0) is 73.2 Å². The zero-order chi connectivity index (χ0) is 27.8. The topological polar surface area (TPSA) is 128 Å². The lowest BCUT2D eigenvalue weighted by atomic mass is 10.2. The molecule has 3 N–H and O–H groups in total. The highest BCUT2D eigenvalue weighted by molar-refractivity contribution is 8.00. The average molecular weight is 548 g/mol. The van der Waals surface area contributed by atoms with Crippen LogP contribution in [0.1, 0.15) is 36.5 Å². The van der Waals surface area contributed by atoms with Gasteiger partial charge in [0.25, 0.3) is 5.91 Å². The molecule has 0 aromatic heterocycles. The van der Waals surface area contributed by atoms with Gasteiger partial charge in [0.2, 0.25) is 11.8 Å². The molecule has 1 saturated heterocycles. The fourth-order valence-electron chi connectivity index (χ4n) is 3.85. The van der Waals surface area contributed by atoms with Gasteiger partial charge >= 0.3 is 5.97 Å². The van der Waals surface area contributed by atoms with Gasteiger partial charge in [0.05, 0.1) is 23.1 Å². The maximum absolute atomic E-state index is 12.9. The van der Waals surface area contributed by atoms with Gasteiger partial charge in [-0.25, -0.2) is 9.69 Å². The van der Waals surface area contributed by atoms with E-state index in [2.05, 4.69) is 12.2 Å². The Morgan fingerprint density at radius 2 is 1.79 bits per heavy atom. The van der Waals surface area contributed by atoms with E-state index in [9.17, 15) is 19.2 Å². The first-order valence-corrected chi connectivity index (χ1v) is 13.4. The Labute approximate surface area is 230 Å². The number of nitrogens with one attached hydrogen (secondary N) is 1. The van der Waals surface area contributed by atoms with Crippen molar-refractivity contribution in [3.63, 3.8) is 0 Å². The minimum absolute atomic E-state index is 0.0613. The molecule has 3 amide bonds. The smallest absolute Gasteiger partial charge is 0.338 e. The zero-order valence-corrected chi connectivity index (χ0v) is 22.2. The number of imide groups is 1. The van der Waals surface area contributed by atoms with E-state index in [-0.39, 0.29) is 23.8 Å². The predicted octanol–water partition coefficient (Wildman–Crippen LogP) is 4.67. The Morgan fingerprint density at radius 3 is 2.49 bits per heavy atom. The lowest BCUT2D eigenvalue weighted by Gasteiger charge is -2.15. The number of esters is 1. The maximum Gasteiger partial charge on any atom is 0.338 e.